The maximum atomic E-state index is 12.8. The molecule has 0 radical (unpaired) electrons. The van der Waals surface area contributed by atoms with Crippen LogP contribution < -0.4 is 5.73 Å². The summed E-state index contributed by atoms with van der Waals surface area (Å²) in [6.07, 6.45) is 1.51. The maximum absolute atomic E-state index is 12.8. The molecule has 0 spiro atoms. The van der Waals surface area contributed by atoms with Gasteiger partial charge in [0.2, 0.25) is 5.95 Å². The molecule has 1 heterocycles. The molecule has 1 atom stereocenters. The van der Waals surface area contributed by atoms with Gasteiger partial charge in [0.05, 0.1) is 0 Å². The molecule has 0 saturated carbocycles. The predicted molar refractivity (Wildman–Crippen MR) is 50.7 cm³/mol. The van der Waals surface area contributed by atoms with E-state index >= 15 is 0 Å². The van der Waals surface area contributed by atoms with E-state index in [4.69, 9.17) is 5.73 Å². The molecular weight excluding hydrogens is 167 g/mol. The van der Waals surface area contributed by atoms with Crippen LogP contribution >= 0.6 is 0 Å². The lowest BCUT2D eigenvalue weighted by molar-refractivity contribution is 0.506. The monoisotopic (exact) mass is 182 g/mol. The molecule has 13 heavy (non-hydrogen) atoms. The largest absolute Gasteiger partial charge is 0.324 e. The third-order valence-electron chi connectivity index (χ3n) is 2.14. The van der Waals surface area contributed by atoms with Crippen molar-refractivity contribution in [3.05, 3.63) is 29.3 Å². The Morgan fingerprint density at radius 2 is 2.08 bits per heavy atom. The van der Waals surface area contributed by atoms with Gasteiger partial charge in [-0.3, -0.25) is 0 Å². The fourth-order valence-electron chi connectivity index (χ4n) is 1.15. The molecule has 2 nitrogen and oxygen atoms in total. The number of nitrogens with two attached hydrogens (primary N) is 1. The molecule has 1 aromatic rings. The van der Waals surface area contributed by atoms with E-state index in [-0.39, 0.29) is 6.04 Å². The lowest BCUT2D eigenvalue weighted by Gasteiger charge is -2.15. The maximum Gasteiger partial charge on any atom is 0.215 e. The van der Waals surface area contributed by atoms with Gasteiger partial charge in [0.25, 0.3) is 0 Å². The van der Waals surface area contributed by atoms with E-state index in [2.05, 4.69) is 4.98 Å². The van der Waals surface area contributed by atoms with Crippen molar-refractivity contribution >= 4 is 0 Å². The van der Waals surface area contributed by atoms with Crippen LogP contribution in [-0.4, -0.2) is 4.98 Å². The Morgan fingerprint density at radius 3 is 2.54 bits per heavy atom. The van der Waals surface area contributed by atoms with Crippen molar-refractivity contribution in [3.8, 4) is 0 Å². The van der Waals surface area contributed by atoms with Gasteiger partial charge in [-0.1, -0.05) is 13.8 Å². The van der Waals surface area contributed by atoms with Gasteiger partial charge in [-0.2, -0.15) is 4.39 Å². The summed E-state index contributed by atoms with van der Waals surface area (Å²) in [7, 11) is 0. The number of hydrogen-bond acceptors (Lipinski definition) is 2. The van der Waals surface area contributed by atoms with Crippen LogP contribution in [0.25, 0.3) is 0 Å². The molecule has 1 aromatic heterocycles. The highest BCUT2D eigenvalue weighted by Crippen LogP contribution is 2.19. The smallest absolute Gasteiger partial charge is 0.215 e. The number of hydrogen-bond donors (Lipinski definition) is 1. The Morgan fingerprint density at radius 1 is 1.46 bits per heavy atom. The molecular formula is C10H15FN2. The Bertz CT molecular complexity index is 297. The van der Waals surface area contributed by atoms with Crippen LogP contribution in [0.3, 0.4) is 0 Å². The average molecular weight is 182 g/mol. The number of aryl methyl sites for hydroxylation is 1. The second-order valence-electron chi connectivity index (χ2n) is 3.65. The van der Waals surface area contributed by atoms with E-state index in [0.29, 0.717) is 11.5 Å². The number of rotatable bonds is 2. The standard InChI is InChI=1S/C10H15FN2/c1-6(2)9(12)8-4-7(3)10(11)13-5-8/h4-6,9H,12H2,1-3H3. The first-order valence-corrected chi connectivity index (χ1v) is 4.40. The Hall–Kier alpha value is -0.960. The van der Waals surface area contributed by atoms with Crippen molar-refractivity contribution in [2.45, 2.75) is 26.8 Å². The summed E-state index contributed by atoms with van der Waals surface area (Å²) in [6.45, 7) is 5.76. The van der Waals surface area contributed by atoms with Crippen LogP contribution in [-0.2, 0) is 0 Å². The SMILES string of the molecule is Cc1cc(C(N)C(C)C)cnc1F. The molecule has 1 unspecified atom stereocenters. The van der Waals surface area contributed by atoms with Gasteiger partial charge in [0.1, 0.15) is 0 Å². The molecule has 2 N–H and O–H groups in total. The molecule has 0 aliphatic heterocycles. The lowest BCUT2D eigenvalue weighted by atomic mass is 9.98. The van der Waals surface area contributed by atoms with Crippen molar-refractivity contribution < 1.29 is 4.39 Å². The van der Waals surface area contributed by atoms with E-state index < -0.39 is 5.95 Å². The molecule has 1 rings (SSSR count). The minimum absolute atomic E-state index is 0.0631. The van der Waals surface area contributed by atoms with Crippen LogP contribution in [0.2, 0.25) is 0 Å². The second kappa shape index (κ2) is 3.83. The summed E-state index contributed by atoms with van der Waals surface area (Å²) in [5.41, 5.74) is 7.34. The number of aromatic nitrogens is 1. The van der Waals surface area contributed by atoms with Crippen molar-refractivity contribution in [1.29, 1.82) is 0 Å². The molecule has 0 fully saturated rings. The zero-order valence-corrected chi connectivity index (χ0v) is 8.21. The molecule has 0 aromatic carbocycles. The molecule has 72 valence electrons. The predicted octanol–water partition coefficient (Wildman–Crippen LogP) is 2.18. The van der Waals surface area contributed by atoms with Crippen molar-refractivity contribution in [1.82, 2.24) is 4.98 Å². The summed E-state index contributed by atoms with van der Waals surface area (Å²) in [5.74, 6) is -0.0774. The number of nitrogens with zero attached hydrogens (tertiary/aromatic N) is 1. The average Bonchev–Trinajstić information content (AvgIpc) is 2.08. The molecule has 0 aliphatic rings. The quantitative estimate of drug-likeness (QED) is 0.712. The number of halogens is 1. The van der Waals surface area contributed by atoms with Crippen molar-refractivity contribution in [2.24, 2.45) is 11.7 Å². The van der Waals surface area contributed by atoms with Crippen LogP contribution in [0.5, 0.6) is 0 Å². The summed E-state index contributed by atoms with van der Waals surface area (Å²) in [6, 6.07) is 1.69. The zero-order valence-electron chi connectivity index (χ0n) is 8.21. The highest BCUT2D eigenvalue weighted by molar-refractivity contribution is 5.21. The first-order valence-electron chi connectivity index (χ1n) is 4.40. The van der Waals surface area contributed by atoms with Gasteiger partial charge in [0.15, 0.2) is 0 Å². The first-order chi connectivity index (χ1) is 6.02. The summed E-state index contributed by atoms with van der Waals surface area (Å²) >= 11 is 0. The van der Waals surface area contributed by atoms with Crippen molar-refractivity contribution in [2.75, 3.05) is 0 Å². The zero-order chi connectivity index (χ0) is 10.0. The minimum Gasteiger partial charge on any atom is -0.324 e. The lowest BCUT2D eigenvalue weighted by Crippen LogP contribution is -2.17. The Labute approximate surface area is 78.0 Å². The van der Waals surface area contributed by atoms with Gasteiger partial charge in [-0.05, 0) is 24.5 Å². The molecule has 0 aliphatic carbocycles. The Balaban J connectivity index is 2.97. The van der Waals surface area contributed by atoms with Crippen LogP contribution in [0.4, 0.5) is 4.39 Å². The fraction of sp³-hybridized carbons (Fsp3) is 0.500. The number of pyridine rings is 1. The van der Waals surface area contributed by atoms with Gasteiger partial charge in [0, 0.05) is 17.8 Å². The fourth-order valence-corrected chi connectivity index (χ4v) is 1.15. The van der Waals surface area contributed by atoms with Gasteiger partial charge >= 0.3 is 0 Å². The third kappa shape index (κ3) is 2.25. The minimum atomic E-state index is -0.417. The molecule has 0 saturated heterocycles. The van der Waals surface area contributed by atoms with E-state index in [1.807, 2.05) is 13.8 Å². The first kappa shape index (κ1) is 10.1. The normalized spacial score (nSPS) is 13.4. The van der Waals surface area contributed by atoms with Gasteiger partial charge < -0.3 is 5.73 Å². The van der Waals surface area contributed by atoms with Crippen molar-refractivity contribution in [3.63, 3.8) is 0 Å². The van der Waals surface area contributed by atoms with E-state index in [1.165, 1.54) is 6.20 Å². The summed E-state index contributed by atoms with van der Waals surface area (Å²) < 4.78 is 12.8. The topological polar surface area (TPSA) is 38.9 Å². The Kier molecular flexibility index (Phi) is 2.98. The highest BCUT2D eigenvalue weighted by Gasteiger charge is 2.11. The van der Waals surface area contributed by atoms with Gasteiger partial charge in [-0.25, -0.2) is 4.98 Å². The van der Waals surface area contributed by atoms with E-state index in [1.54, 1.807) is 13.0 Å². The second-order valence-corrected chi connectivity index (χ2v) is 3.65. The van der Waals surface area contributed by atoms with Crippen LogP contribution in [0.15, 0.2) is 12.3 Å². The summed E-state index contributed by atoms with van der Waals surface area (Å²) in [5, 5.41) is 0. The molecule has 0 bridgehead atoms. The summed E-state index contributed by atoms with van der Waals surface area (Å²) in [4.78, 5) is 3.64. The van der Waals surface area contributed by atoms with Crippen LogP contribution in [0.1, 0.15) is 31.0 Å². The molecule has 0 amide bonds. The molecule has 3 heteroatoms. The van der Waals surface area contributed by atoms with Gasteiger partial charge in [-0.15, -0.1) is 0 Å². The highest BCUT2D eigenvalue weighted by atomic mass is 19.1. The van der Waals surface area contributed by atoms with E-state index in [9.17, 15) is 4.39 Å². The van der Waals surface area contributed by atoms with E-state index in [0.717, 1.165) is 5.56 Å². The third-order valence-corrected chi connectivity index (χ3v) is 2.14. The van der Waals surface area contributed by atoms with Crippen LogP contribution in [0, 0.1) is 18.8 Å².